The molecule has 1 aliphatic rings. The van der Waals surface area contributed by atoms with Crippen molar-refractivity contribution >= 4 is 46.5 Å². The van der Waals surface area contributed by atoms with Gasteiger partial charge in [0.1, 0.15) is 0 Å². The van der Waals surface area contributed by atoms with Crippen molar-refractivity contribution in [2.45, 2.75) is 33.6 Å². The number of carbonyl (C=O) groups excluding carboxylic acids is 2. The largest absolute Gasteiger partial charge is 0.490 e. The van der Waals surface area contributed by atoms with Crippen LogP contribution in [0.25, 0.3) is 6.08 Å². The van der Waals surface area contributed by atoms with Crippen molar-refractivity contribution in [2.24, 2.45) is 4.99 Å². The van der Waals surface area contributed by atoms with Crippen LogP contribution in [0.15, 0.2) is 47.1 Å². The van der Waals surface area contributed by atoms with Crippen molar-refractivity contribution in [1.82, 2.24) is 0 Å². The molecule has 0 aromatic heterocycles. The van der Waals surface area contributed by atoms with Crippen LogP contribution >= 0.6 is 22.6 Å². The van der Waals surface area contributed by atoms with Crippen LogP contribution < -0.4 is 9.47 Å². The quantitative estimate of drug-likeness (QED) is 0.222. The van der Waals surface area contributed by atoms with E-state index in [2.05, 4.69) is 27.6 Å². The van der Waals surface area contributed by atoms with Crippen molar-refractivity contribution < 1.29 is 23.8 Å². The Labute approximate surface area is 189 Å². The van der Waals surface area contributed by atoms with Crippen LogP contribution in [0.4, 0.5) is 0 Å². The fraction of sp³-hybridized carbons (Fsp3) is 0.261. The molecule has 1 aliphatic heterocycles. The van der Waals surface area contributed by atoms with Gasteiger partial charge < -0.3 is 14.2 Å². The van der Waals surface area contributed by atoms with E-state index in [9.17, 15) is 9.59 Å². The average Bonchev–Trinajstić information content (AvgIpc) is 3.07. The number of aliphatic imine (C=N–C) groups is 1. The maximum atomic E-state index is 12.3. The number of halogens is 1. The third kappa shape index (κ3) is 5.27. The molecule has 0 fully saturated rings. The van der Waals surface area contributed by atoms with Gasteiger partial charge in [-0.3, -0.25) is 4.79 Å². The van der Waals surface area contributed by atoms with Crippen LogP contribution in [0.1, 0.15) is 43.4 Å². The minimum absolute atomic E-state index is 0.194. The topological polar surface area (TPSA) is 74.2 Å². The number of hydrogen-bond donors (Lipinski definition) is 0. The Kier molecular flexibility index (Phi) is 7.25. The molecule has 156 valence electrons. The lowest BCUT2D eigenvalue weighted by Crippen LogP contribution is -2.08. The van der Waals surface area contributed by atoms with E-state index in [0.29, 0.717) is 36.5 Å². The smallest absolute Gasteiger partial charge is 0.363 e. The van der Waals surface area contributed by atoms with Gasteiger partial charge in [-0.1, -0.05) is 13.0 Å². The second-order valence-electron chi connectivity index (χ2n) is 6.66. The van der Waals surface area contributed by atoms with Gasteiger partial charge >= 0.3 is 11.9 Å². The second-order valence-corrected chi connectivity index (χ2v) is 7.83. The summed E-state index contributed by atoms with van der Waals surface area (Å²) in [6.45, 7) is 6.15. The fourth-order valence-electron chi connectivity index (χ4n) is 2.81. The molecule has 0 N–H and O–H groups in total. The maximum Gasteiger partial charge on any atom is 0.363 e. The maximum absolute atomic E-state index is 12.3. The summed E-state index contributed by atoms with van der Waals surface area (Å²) >= 11 is 2.25. The van der Waals surface area contributed by atoms with E-state index >= 15 is 0 Å². The number of esters is 2. The van der Waals surface area contributed by atoms with Crippen LogP contribution in [0.2, 0.25) is 0 Å². The Hall–Kier alpha value is -2.68. The van der Waals surface area contributed by atoms with E-state index < -0.39 is 5.97 Å². The summed E-state index contributed by atoms with van der Waals surface area (Å²) in [6, 6.07) is 10.9. The van der Waals surface area contributed by atoms with E-state index in [1.165, 1.54) is 0 Å². The lowest BCUT2D eigenvalue weighted by molar-refractivity contribution is -0.134. The molecule has 30 heavy (non-hydrogen) atoms. The first kappa shape index (κ1) is 22.0. The molecule has 0 saturated heterocycles. The molecule has 0 aliphatic carbocycles. The highest BCUT2D eigenvalue weighted by Gasteiger charge is 2.24. The molecule has 0 unspecified atom stereocenters. The van der Waals surface area contributed by atoms with Gasteiger partial charge in [-0.25, -0.2) is 9.79 Å². The normalized spacial score (nSPS) is 14.5. The third-order valence-electron chi connectivity index (χ3n) is 4.27. The van der Waals surface area contributed by atoms with E-state index in [4.69, 9.17) is 14.2 Å². The Bertz CT molecular complexity index is 1040. The van der Waals surface area contributed by atoms with E-state index in [1.54, 1.807) is 24.3 Å². The molecular formula is C23H22INO5. The number of benzene rings is 2. The first-order valence-corrected chi connectivity index (χ1v) is 10.8. The molecule has 2 aromatic carbocycles. The minimum atomic E-state index is -0.516. The van der Waals surface area contributed by atoms with Gasteiger partial charge in [-0.2, -0.15) is 0 Å². The summed E-state index contributed by atoms with van der Waals surface area (Å²) < 4.78 is 17.5. The number of aryl methyl sites for hydroxylation is 1. The zero-order valence-corrected chi connectivity index (χ0v) is 19.2. The van der Waals surface area contributed by atoms with Gasteiger partial charge in [0.25, 0.3) is 0 Å². The van der Waals surface area contributed by atoms with Gasteiger partial charge in [0.15, 0.2) is 17.2 Å². The summed E-state index contributed by atoms with van der Waals surface area (Å²) in [7, 11) is 0. The predicted octanol–water partition coefficient (Wildman–Crippen LogP) is 5.05. The molecule has 1 heterocycles. The van der Waals surface area contributed by atoms with Gasteiger partial charge in [0.2, 0.25) is 5.90 Å². The monoisotopic (exact) mass is 519 g/mol. The van der Waals surface area contributed by atoms with Crippen molar-refractivity contribution in [3.05, 3.63) is 62.4 Å². The Balaban J connectivity index is 1.88. The summed E-state index contributed by atoms with van der Waals surface area (Å²) in [5.74, 6) is 0.231. The standard InChI is InChI=1S/C23H22INO5/c1-4-6-21(26)29-19-10-7-15(13-20(19)28-5-2)12-18-23(27)30-22(25-18)16-8-9-17(24)14(3)11-16/h7-13H,4-6H2,1-3H3/b18-12-. The molecule has 3 rings (SSSR count). The van der Waals surface area contributed by atoms with Gasteiger partial charge in [0.05, 0.1) is 6.61 Å². The number of nitrogens with zero attached hydrogens (tertiary/aromatic N) is 1. The van der Waals surface area contributed by atoms with Crippen molar-refractivity contribution in [1.29, 1.82) is 0 Å². The molecule has 0 saturated carbocycles. The summed E-state index contributed by atoms with van der Waals surface area (Å²) in [6.07, 6.45) is 2.66. The van der Waals surface area contributed by atoms with Crippen LogP contribution in [-0.4, -0.2) is 24.4 Å². The van der Waals surface area contributed by atoms with Gasteiger partial charge in [-0.15, -0.1) is 0 Å². The van der Waals surface area contributed by atoms with E-state index in [-0.39, 0.29) is 17.6 Å². The Morgan fingerprint density at radius 1 is 1.17 bits per heavy atom. The number of ether oxygens (including phenoxy) is 3. The molecule has 6 nitrogen and oxygen atoms in total. The van der Waals surface area contributed by atoms with Crippen molar-refractivity contribution in [2.75, 3.05) is 6.61 Å². The predicted molar refractivity (Wildman–Crippen MR) is 123 cm³/mol. The Morgan fingerprint density at radius 2 is 1.97 bits per heavy atom. The molecule has 7 heteroatoms. The molecule has 0 atom stereocenters. The summed E-state index contributed by atoms with van der Waals surface area (Å²) in [5, 5.41) is 0. The van der Waals surface area contributed by atoms with Crippen LogP contribution in [-0.2, 0) is 14.3 Å². The molecular weight excluding hydrogens is 497 g/mol. The second kappa shape index (κ2) is 9.88. The van der Waals surface area contributed by atoms with Crippen molar-refractivity contribution in [3.63, 3.8) is 0 Å². The summed E-state index contributed by atoms with van der Waals surface area (Å²) in [5.41, 5.74) is 2.71. The highest BCUT2D eigenvalue weighted by atomic mass is 127. The third-order valence-corrected chi connectivity index (χ3v) is 5.48. The molecule has 0 radical (unpaired) electrons. The van der Waals surface area contributed by atoms with Crippen LogP contribution in [0.5, 0.6) is 11.5 Å². The summed E-state index contributed by atoms with van der Waals surface area (Å²) in [4.78, 5) is 28.5. The number of rotatable bonds is 7. The highest BCUT2D eigenvalue weighted by molar-refractivity contribution is 14.1. The molecule has 0 amide bonds. The SMILES string of the molecule is CCCC(=O)Oc1ccc(/C=C2\N=C(c3ccc(I)c(C)c3)OC2=O)cc1OCC. The molecule has 2 aromatic rings. The zero-order chi connectivity index (χ0) is 21.7. The van der Waals surface area contributed by atoms with Gasteiger partial charge in [0, 0.05) is 15.6 Å². The Morgan fingerprint density at radius 3 is 2.67 bits per heavy atom. The molecule has 0 spiro atoms. The average molecular weight is 519 g/mol. The number of carbonyl (C=O) groups is 2. The number of cyclic esters (lactones) is 1. The van der Waals surface area contributed by atoms with Crippen LogP contribution in [0.3, 0.4) is 0 Å². The molecule has 0 bridgehead atoms. The fourth-order valence-corrected chi connectivity index (χ4v) is 3.15. The first-order chi connectivity index (χ1) is 14.4. The van der Waals surface area contributed by atoms with Crippen LogP contribution in [0, 0.1) is 10.5 Å². The zero-order valence-electron chi connectivity index (χ0n) is 17.0. The van der Waals surface area contributed by atoms with E-state index in [0.717, 1.165) is 14.7 Å². The van der Waals surface area contributed by atoms with Crippen molar-refractivity contribution in [3.8, 4) is 11.5 Å². The number of hydrogen-bond acceptors (Lipinski definition) is 6. The van der Waals surface area contributed by atoms with E-state index in [1.807, 2.05) is 39.0 Å². The minimum Gasteiger partial charge on any atom is -0.490 e. The van der Waals surface area contributed by atoms with Gasteiger partial charge in [-0.05, 0) is 90.4 Å². The lowest BCUT2D eigenvalue weighted by Gasteiger charge is -2.11. The lowest BCUT2D eigenvalue weighted by atomic mass is 10.1. The first-order valence-electron chi connectivity index (χ1n) is 9.67. The highest BCUT2D eigenvalue weighted by Crippen LogP contribution is 2.30.